The van der Waals surface area contributed by atoms with Crippen molar-refractivity contribution in [2.45, 2.75) is 96.2 Å². The topological polar surface area (TPSA) is 76.5 Å². The summed E-state index contributed by atoms with van der Waals surface area (Å²) in [5.41, 5.74) is 0.655. The quantitative estimate of drug-likeness (QED) is 0.700. The number of carbonyl (C=O) groups is 2. The third-order valence-corrected chi connectivity index (χ3v) is 7.16. The van der Waals surface area contributed by atoms with Crippen LogP contribution in [-0.4, -0.2) is 40.3 Å². The Morgan fingerprint density at radius 1 is 1.12 bits per heavy atom. The molecular weight excluding hydrogens is 428 g/mol. The van der Waals surface area contributed by atoms with Gasteiger partial charge in [0.25, 0.3) is 5.91 Å². The van der Waals surface area contributed by atoms with Crippen molar-refractivity contribution < 1.29 is 14.3 Å². The van der Waals surface area contributed by atoms with E-state index < -0.39 is 5.54 Å². The van der Waals surface area contributed by atoms with Gasteiger partial charge in [-0.1, -0.05) is 58.9 Å². The molecule has 1 atom stereocenters. The van der Waals surface area contributed by atoms with E-state index in [0.29, 0.717) is 23.7 Å². The molecule has 1 aliphatic heterocycles. The van der Waals surface area contributed by atoms with Crippen LogP contribution in [0.3, 0.4) is 0 Å². The van der Waals surface area contributed by atoms with Gasteiger partial charge >= 0.3 is 0 Å². The minimum Gasteiger partial charge on any atom is -0.497 e. The first kappa shape index (κ1) is 24.3. The van der Waals surface area contributed by atoms with Crippen LogP contribution in [0.4, 0.5) is 5.69 Å². The Bertz CT molecular complexity index is 1050. The number of amides is 2. The lowest BCUT2D eigenvalue weighted by molar-refractivity contribution is -0.127. The molecule has 2 heterocycles. The zero-order valence-electron chi connectivity index (χ0n) is 21.2. The molecule has 0 saturated heterocycles. The van der Waals surface area contributed by atoms with Gasteiger partial charge in [-0.15, -0.1) is 0 Å². The molecule has 34 heavy (non-hydrogen) atoms. The molecule has 1 saturated carbocycles. The second-order valence-corrected chi connectivity index (χ2v) is 11.0. The highest BCUT2D eigenvalue weighted by atomic mass is 16.5. The van der Waals surface area contributed by atoms with E-state index in [4.69, 9.17) is 9.84 Å². The Morgan fingerprint density at radius 2 is 1.79 bits per heavy atom. The lowest BCUT2D eigenvalue weighted by Crippen LogP contribution is -2.65. The molecule has 1 aromatic carbocycles. The molecule has 2 aliphatic rings. The van der Waals surface area contributed by atoms with E-state index in [9.17, 15) is 9.59 Å². The number of benzene rings is 1. The average Bonchev–Trinajstić information content (AvgIpc) is 3.20. The zero-order chi connectivity index (χ0) is 24.5. The van der Waals surface area contributed by atoms with E-state index in [1.165, 1.54) is 19.3 Å². The molecule has 1 fully saturated rings. The Kier molecular flexibility index (Phi) is 6.74. The second-order valence-electron chi connectivity index (χ2n) is 11.0. The molecule has 2 amide bonds. The van der Waals surface area contributed by atoms with Gasteiger partial charge in [0.2, 0.25) is 5.91 Å². The molecule has 184 valence electrons. The van der Waals surface area contributed by atoms with Crippen LogP contribution in [0.2, 0.25) is 0 Å². The summed E-state index contributed by atoms with van der Waals surface area (Å²) < 4.78 is 7.14. The first-order chi connectivity index (χ1) is 16.1. The number of ether oxygens (including phenoxy) is 1. The largest absolute Gasteiger partial charge is 0.497 e. The number of aromatic nitrogens is 2. The SMILES string of the molecule is COc1cccc(N2C(=O)c3cc(C(C)(C)C)nn3CC2(C)C(=O)NC2CCCCCCC2)c1. The van der Waals surface area contributed by atoms with Crippen LogP contribution in [0.25, 0.3) is 0 Å². The lowest BCUT2D eigenvalue weighted by atomic mass is 9.90. The van der Waals surface area contributed by atoms with Crippen molar-refractivity contribution in [2.24, 2.45) is 0 Å². The molecule has 1 aromatic heterocycles. The van der Waals surface area contributed by atoms with Gasteiger partial charge in [0.1, 0.15) is 17.0 Å². The third kappa shape index (κ3) is 4.70. The molecule has 1 unspecified atom stereocenters. The summed E-state index contributed by atoms with van der Waals surface area (Å²) in [6, 6.07) is 9.36. The van der Waals surface area contributed by atoms with Gasteiger partial charge in [-0.05, 0) is 38.0 Å². The molecule has 0 spiro atoms. The van der Waals surface area contributed by atoms with Crippen LogP contribution < -0.4 is 15.0 Å². The zero-order valence-corrected chi connectivity index (χ0v) is 21.2. The summed E-state index contributed by atoms with van der Waals surface area (Å²) in [5.74, 6) is 0.285. The summed E-state index contributed by atoms with van der Waals surface area (Å²) in [5, 5.41) is 8.06. The van der Waals surface area contributed by atoms with Crippen LogP contribution in [-0.2, 0) is 16.8 Å². The number of nitrogens with zero attached hydrogens (tertiary/aromatic N) is 3. The van der Waals surface area contributed by atoms with Crippen LogP contribution >= 0.6 is 0 Å². The van der Waals surface area contributed by atoms with Gasteiger partial charge in [0.05, 0.1) is 19.3 Å². The van der Waals surface area contributed by atoms with Crippen LogP contribution in [0.5, 0.6) is 5.75 Å². The van der Waals surface area contributed by atoms with E-state index in [1.54, 1.807) is 16.7 Å². The summed E-state index contributed by atoms with van der Waals surface area (Å²) in [6.45, 7) is 8.37. The number of nitrogens with one attached hydrogen (secondary N) is 1. The average molecular weight is 467 g/mol. The molecule has 1 N–H and O–H groups in total. The minimum absolute atomic E-state index is 0.132. The first-order valence-electron chi connectivity index (χ1n) is 12.5. The molecule has 2 aromatic rings. The van der Waals surface area contributed by atoms with E-state index >= 15 is 0 Å². The van der Waals surface area contributed by atoms with E-state index in [0.717, 1.165) is 31.4 Å². The number of hydrogen-bond donors (Lipinski definition) is 1. The highest BCUT2D eigenvalue weighted by Crippen LogP contribution is 2.36. The van der Waals surface area contributed by atoms with Crippen molar-refractivity contribution in [3.63, 3.8) is 0 Å². The van der Waals surface area contributed by atoms with Crippen LogP contribution in [0, 0.1) is 0 Å². The maximum Gasteiger partial charge on any atom is 0.277 e. The summed E-state index contributed by atoms with van der Waals surface area (Å²) in [4.78, 5) is 29.5. The molecule has 4 rings (SSSR count). The Morgan fingerprint density at radius 3 is 2.44 bits per heavy atom. The fourth-order valence-electron chi connectivity index (χ4n) is 5.04. The molecule has 7 nitrogen and oxygen atoms in total. The molecule has 0 bridgehead atoms. The number of fused-ring (bicyclic) bond motifs is 1. The Labute approximate surface area is 202 Å². The minimum atomic E-state index is -1.13. The number of hydrogen-bond acceptors (Lipinski definition) is 4. The monoisotopic (exact) mass is 466 g/mol. The van der Waals surface area contributed by atoms with Crippen molar-refractivity contribution in [3.05, 3.63) is 41.7 Å². The highest BCUT2D eigenvalue weighted by molar-refractivity contribution is 6.12. The van der Waals surface area contributed by atoms with Crippen LogP contribution in [0.15, 0.2) is 30.3 Å². The predicted molar refractivity (Wildman–Crippen MR) is 133 cm³/mol. The van der Waals surface area contributed by atoms with E-state index in [2.05, 4.69) is 26.1 Å². The fourth-order valence-corrected chi connectivity index (χ4v) is 5.04. The van der Waals surface area contributed by atoms with Crippen molar-refractivity contribution in [2.75, 3.05) is 12.0 Å². The second kappa shape index (κ2) is 9.43. The van der Waals surface area contributed by atoms with Crippen molar-refractivity contribution in [3.8, 4) is 5.75 Å². The molecular formula is C27H38N4O3. The van der Waals surface area contributed by atoms with Gasteiger partial charge in [0, 0.05) is 23.2 Å². The van der Waals surface area contributed by atoms with Gasteiger partial charge in [-0.3, -0.25) is 19.2 Å². The maximum atomic E-state index is 13.9. The molecule has 0 radical (unpaired) electrons. The Balaban J connectivity index is 1.74. The molecule has 1 aliphatic carbocycles. The van der Waals surface area contributed by atoms with Crippen molar-refractivity contribution in [1.29, 1.82) is 0 Å². The summed E-state index contributed by atoms with van der Waals surface area (Å²) >= 11 is 0. The van der Waals surface area contributed by atoms with Crippen molar-refractivity contribution >= 4 is 17.5 Å². The first-order valence-corrected chi connectivity index (χ1v) is 12.5. The maximum absolute atomic E-state index is 13.9. The standard InChI is InChI=1S/C27H38N4O3/c1-26(2,3)23-17-22-24(32)31(20-14-11-15-21(16-20)34-5)27(4,18-30(22)29-23)25(33)28-19-12-9-7-6-8-10-13-19/h11,14-17,19H,6-10,12-13,18H2,1-5H3,(H,28,33). The fraction of sp³-hybridized carbons (Fsp3) is 0.593. The summed E-state index contributed by atoms with van der Waals surface area (Å²) in [6.07, 6.45) is 7.91. The third-order valence-electron chi connectivity index (χ3n) is 7.16. The highest BCUT2D eigenvalue weighted by Gasteiger charge is 2.49. The van der Waals surface area contributed by atoms with Gasteiger partial charge in [-0.2, -0.15) is 5.10 Å². The number of carbonyl (C=O) groups excluding carboxylic acids is 2. The number of methoxy groups -OCH3 is 1. The Hall–Kier alpha value is -2.83. The summed E-state index contributed by atoms with van der Waals surface area (Å²) in [7, 11) is 1.60. The van der Waals surface area contributed by atoms with Crippen LogP contribution in [0.1, 0.15) is 88.8 Å². The smallest absolute Gasteiger partial charge is 0.277 e. The van der Waals surface area contributed by atoms with E-state index in [-0.39, 0.29) is 23.3 Å². The normalized spacial score (nSPS) is 22.0. The number of anilines is 1. The predicted octanol–water partition coefficient (Wildman–Crippen LogP) is 4.84. The van der Waals surface area contributed by atoms with Gasteiger partial charge < -0.3 is 10.1 Å². The van der Waals surface area contributed by atoms with Gasteiger partial charge in [0.15, 0.2) is 0 Å². The number of rotatable bonds is 4. The molecule has 7 heteroatoms. The lowest BCUT2D eigenvalue weighted by Gasteiger charge is -2.44. The van der Waals surface area contributed by atoms with Gasteiger partial charge in [-0.25, -0.2) is 0 Å². The van der Waals surface area contributed by atoms with E-state index in [1.807, 2.05) is 37.3 Å². The van der Waals surface area contributed by atoms with Crippen molar-refractivity contribution in [1.82, 2.24) is 15.1 Å².